The fourth-order valence-corrected chi connectivity index (χ4v) is 4.87. The zero-order valence-electron chi connectivity index (χ0n) is 21.7. The third-order valence-corrected chi connectivity index (χ3v) is 6.97. The molecule has 212 valence electrons. The number of fused-ring (bicyclic) bond motifs is 1. The second-order valence-electron chi connectivity index (χ2n) is 9.61. The summed E-state index contributed by atoms with van der Waals surface area (Å²) in [7, 11) is 0. The highest BCUT2D eigenvalue weighted by molar-refractivity contribution is 5.98. The van der Waals surface area contributed by atoms with Crippen LogP contribution in [0.4, 0.5) is 23.4 Å². The lowest BCUT2D eigenvalue weighted by atomic mass is 10.1. The number of nitrogens with zero attached hydrogens (tertiary/aromatic N) is 5. The molecular weight excluding hydrogens is 542 g/mol. The Bertz CT molecular complexity index is 1630. The summed E-state index contributed by atoms with van der Waals surface area (Å²) >= 11 is 0. The number of benzene rings is 2. The number of anilines is 1. The zero-order valence-corrected chi connectivity index (χ0v) is 21.7. The van der Waals surface area contributed by atoms with E-state index in [1.54, 1.807) is 33.8 Å². The number of halogens is 4. The summed E-state index contributed by atoms with van der Waals surface area (Å²) in [5.74, 6) is -2.00. The van der Waals surface area contributed by atoms with Crippen molar-refractivity contribution in [2.75, 3.05) is 18.8 Å². The normalized spacial score (nSPS) is 15.6. The number of nitrogens with one attached hydrogen (secondary N) is 1. The Morgan fingerprint density at radius 1 is 1.15 bits per heavy atom. The van der Waals surface area contributed by atoms with E-state index in [0.717, 1.165) is 18.9 Å². The van der Waals surface area contributed by atoms with Crippen LogP contribution >= 0.6 is 0 Å². The summed E-state index contributed by atoms with van der Waals surface area (Å²) in [5.41, 5.74) is 7.02. The van der Waals surface area contributed by atoms with E-state index in [1.165, 1.54) is 12.4 Å². The van der Waals surface area contributed by atoms with Gasteiger partial charge in [0.15, 0.2) is 5.65 Å². The minimum absolute atomic E-state index is 0.00918. The average molecular weight is 568 g/mol. The second-order valence-corrected chi connectivity index (χ2v) is 9.61. The lowest BCUT2D eigenvalue weighted by Gasteiger charge is -2.32. The van der Waals surface area contributed by atoms with Crippen LogP contribution in [0.15, 0.2) is 61.4 Å². The number of nitrogen functional groups attached to an aromatic ring is 1. The largest absolute Gasteiger partial charge is 0.416 e. The first-order chi connectivity index (χ1) is 19.6. The van der Waals surface area contributed by atoms with Crippen molar-refractivity contribution in [3.63, 3.8) is 0 Å². The molecule has 1 aliphatic heterocycles. The number of piperidine rings is 1. The maximum atomic E-state index is 14.2. The Morgan fingerprint density at radius 2 is 1.90 bits per heavy atom. The molecule has 41 heavy (non-hydrogen) atoms. The van der Waals surface area contributed by atoms with Gasteiger partial charge in [0.2, 0.25) is 5.91 Å². The Balaban J connectivity index is 1.35. The van der Waals surface area contributed by atoms with Crippen LogP contribution in [0.2, 0.25) is 0 Å². The Labute approximate surface area is 231 Å². The van der Waals surface area contributed by atoms with Crippen molar-refractivity contribution in [3.05, 3.63) is 84.0 Å². The Hall–Kier alpha value is -4.81. The van der Waals surface area contributed by atoms with Gasteiger partial charge in [-0.1, -0.05) is 30.8 Å². The molecule has 0 spiro atoms. The molecule has 2 aromatic heterocycles. The molecule has 0 radical (unpaired) electrons. The van der Waals surface area contributed by atoms with Crippen LogP contribution < -0.4 is 11.1 Å². The summed E-state index contributed by atoms with van der Waals surface area (Å²) in [4.78, 5) is 34.9. The molecule has 2 aromatic carbocycles. The maximum Gasteiger partial charge on any atom is 0.416 e. The van der Waals surface area contributed by atoms with Crippen molar-refractivity contribution in [1.82, 2.24) is 30.0 Å². The predicted molar refractivity (Wildman–Crippen MR) is 143 cm³/mol. The number of alkyl halides is 3. The van der Waals surface area contributed by atoms with Crippen molar-refractivity contribution in [3.8, 4) is 11.3 Å². The molecule has 1 fully saturated rings. The summed E-state index contributed by atoms with van der Waals surface area (Å²) in [5, 5.41) is 7.91. The molecule has 0 bridgehead atoms. The monoisotopic (exact) mass is 567 g/mol. The van der Waals surface area contributed by atoms with Crippen molar-refractivity contribution >= 4 is 28.7 Å². The van der Waals surface area contributed by atoms with Crippen LogP contribution in [0, 0.1) is 5.82 Å². The number of hydrogen-bond donors (Lipinski definition) is 2. The van der Waals surface area contributed by atoms with E-state index < -0.39 is 29.0 Å². The number of likely N-dealkylation sites (tertiary alicyclic amines) is 1. The second kappa shape index (κ2) is 11.0. The molecule has 2 amide bonds. The first-order valence-electron chi connectivity index (χ1n) is 12.7. The van der Waals surface area contributed by atoms with E-state index >= 15 is 0 Å². The van der Waals surface area contributed by atoms with Gasteiger partial charge in [-0.15, -0.1) is 0 Å². The van der Waals surface area contributed by atoms with Gasteiger partial charge < -0.3 is 16.0 Å². The number of rotatable bonds is 6. The quantitative estimate of drug-likeness (QED) is 0.261. The highest BCUT2D eigenvalue weighted by Crippen LogP contribution is 2.34. The maximum absolute atomic E-state index is 14.2. The minimum atomic E-state index is -4.71. The molecule has 3 heterocycles. The number of nitrogens with two attached hydrogens (primary N) is 1. The van der Waals surface area contributed by atoms with Crippen molar-refractivity contribution < 1.29 is 27.2 Å². The van der Waals surface area contributed by atoms with Gasteiger partial charge in [-0.2, -0.15) is 18.3 Å². The predicted octanol–water partition coefficient (Wildman–Crippen LogP) is 4.51. The SMILES string of the molecule is C=CC(=O)N1CCCC(n2nc(-c3ccc(CNC(=O)c4ccc(C(F)(F)F)cc4F)cc3)c3c(N)ncnc32)C1. The van der Waals surface area contributed by atoms with Crippen LogP contribution in [0.3, 0.4) is 0 Å². The van der Waals surface area contributed by atoms with Gasteiger partial charge in [-0.25, -0.2) is 19.0 Å². The van der Waals surface area contributed by atoms with Crippen LogP contribution in [0.25, 0.3) is 22.3 Å². The smallest absolute Gasteiger partial charge is 0.383 e. The first-order valence-corrected chi connectivity index (χ1v) is 12.7. The Morgan fingerprint density at radius 3 is 2.59 bits per heavy atom. The van der Waals surface area contributed by atoms with Gasteiger partial charge in [0.05, 0.1) is 22.6 Å². The van der Waals surface area contributed by atoms with E-state index in [0.29, 0.717) is 53.1 Å². The van der Waals surface area contributed by atoms with E-state index in [4.69, 9.17) is 10.8 Å². The van der Waals surface area contributed by atoms with Gasteiger partial charge in [-0.05, 0) is 42.7 Å². The lowest BCUT2D eigenvalue weighted by molar-refractivity contribution is -0.137. The minimum Gasteiger partial charge on any atom is -0.383 e. The van der Waals surface area contributed by atoms with Crippen LogP contribution in [0.1, 0.15) is 40.4 Å². The molecular formula is C28H25F4N7O2. The van der Waals surface area contributed by atoms with Gasteiger partial charge in [-0.3, -0.25) is 9.59 Å². The van der Waals surface area contributed by atoms with E-state index in [9.17, 15) is 27.2 Å². The topological polar surface area (TPSA) is 119 Å². The summed E-state index contributed by atoms with van der Waals surface area (Å²) in [6.07, 6.45) is -0.478. The van der Waals surface area contributed by atoms with Gasteiger partial charge in [0.25, 0.3) is 5.91 Å². The van der Waals surface area contributed by atoms with Gasteiger partial charge in [0.1, 0.15) is 23.7 Å². The van der Waals surface area contributed by atoms with Crippen molar-refractivity contribution in [2.45, 2.75) is 31.6 Å². The number of aromatic nitrogens is 4. The van der Waals surface area contributed by atoms with Gasteiger partial charge in [0, 0.05) is 25.2 Å². The summed E-state index contributed by atoms with van der Waals surface area (Å²) < 4.78 is 54.3. The molecule has 5 rings (SSSR count). The highest BCUT2D eigenvalue weighted by Gasteiger charge is 2.32. The lowest BCUT2D eigenvalue weighted by Crippen LogP contribution is -2.40. The molecule has 3 N–H and O–H groups in total. The third-order valence-electron chi connectivity index (χ3n) is 6.97. The highest BCUT2D eigenvalue weighted by atomic mass is 19.4. The molecule has 9 nitrogen and oxygen atoms in total. The third kappa shape index (κ3) is 5.60. The van der Waals surface area contributed by atoms with Crippen LogP contribution in [-0.2, 0) is 17.5 Å². The van der Waals surface area contributed by atoms with E-state index in [2.05, 4.69) is 21.9 Å². The van der Waals surface area contributed by atoms with Gasteiger partial charge >= 0.3 is 6.18 Å². The van der Waals surface area contributed by atoms with Crippen molar-refractivity contribution in [2.24, 2.45) is 0 Å². The summed E-state index contributed by atoms with van der Waals surface area (Å²) in [6.45, 7) is 4.66. The summed E-state index contributed by atoms with van der Waals surface area (Å²) in [6, 6.07) is 8.64. The number of amides is 2. The molecule has 1 aliphatic rings. The number of carbonyl (C=O) groups is 2. The van der Waals surface area contributed by atoms with Crippen LogP contribution in [-0.4, -0.2) is 49.6 Å². The standard InChI is InChI=1S/C28H25F4N7O2/c1-2-22(40)38-11-3-4-19(14-38)39-26-23(25(33)35-15-36-26)24(37-39)17-7-5-16(6-8-17)13-34-27(41)20-10-9-18(12-21(20)29)28(30,31)32/h2,5-10,12,15,19H,1,3-4,11,13-14H2,(H,34,41)(H2,33,35,36). The fraction of sp³-hybridized carbons (Fsp3) is 0.250. The molecule has 1 saturated heterocycles. The molecule has 4 aromatic rings. The zero-order chi connectivity index (χ0) is 29.3. The fourth-order valence-electron chi connectivity index (χ4n) is 4.87. The van der Waals surface area contributed by atoms with Crippen molar-refractivity contribution in [1.29, 1.82) is 0 Å². The molecule has 0 saturated carbocycles. The number of hydrogen-bond acceptors (Lipinski definition) is 6. The molecule has 0 aliphatic carbocycles. The Kier molecular flexibility index (Phi) is 7.43. The molecule has 13 heteroatoms. The number of carbonyl (C=O) groups excluding carboxylic acids is 2. The van der Waals surface area contributed by atoms with E-state index in [-0.39, 0.29) is 24.3 Å². The molecule has 1 unspecified atom stereocenters. The van der Waals surface area contributed by atoms with Crippen LogP contribution in [0.5, 0.6) is 0 Å². The average Bonchev–Trinajstić information content (AvgIpc) is 3.36. The molecule has 1 atom stereocenters. The first kappa shape index (κ1) is 27.7. The van der Waals surface area contributed by atoms with E-state index in [1.807, 2.05) is 0 Å².